The molecule has 0 fully saturated rings. The molecular weight excluding hydrogens is 300 g/mol. The summed E-state index contributed by atoms with van der Waals surface area (Å²) in [6.07, 6.45) is 0. The number of fused-ring (bicyclic) bond motifs is 1. The van der Waals surface area contributed by atoms with Crippen molar-refractivity contribution in [2.75, 3.05) is 5.75 Å². The summed E-state index contributed by atoms with van der Waals surface area (Å²) in [6, 6.07) is 6.74. The first kappa shape index (κ1) is 14.7. The molecule has 0 aliphatic rings. The normalized spacial score (nSPS) is 12.8. The summed E-state index contributed by atoms with van der Waals surface area (Å²) >= 11 is 0. The van der Waals surface area contributed by atoms with Crippen molar-refractivity contribution >= 4 is 20.9 Å². The highest BCUT2D eigenvalue weighted by molar-refractivity contribution is 7.86. The molecule has 0 bridgehead atoms. The average molecular weight is 308 g/mol. The Kier molecular flexibility index (Phi) is 3.70. The molecule has 8 heteroatoms. The second kappa shape index (κ2) is 5.02. The van der Waals surface area contributed by atoms with Crippen LogP contribution in [-0.2, 0) is 20.4 Å². The molecule has 2 rings (SSSR count). The van der Waals surface area contributed by atoms with Crippen LogP contribution in [0.3, 0.4) is 0 Å². The average Bonchev–Trinajstić information content (AvgIpc) is 2.36. The molecule has 0 aliphatic carbocycles. The van der Waals surface area contributed by atoms with E-state index in [1.807, 2.05) is 0 Å². The van der Waals surface area contributed by atoms with E-state index in [1.165, 1.54) is 12.1 Å². The fraction of sp³-hybridized carbons (Fsp3) is 0.167. The zero-order valence-electron chi connectivity index (χ0n) is 9.82. The Labute approximate surface area is 111 Å². The van der Waals surface area contributed by atoms with Crippen LogP contribution in [0.1, 0.15) is 5.56 Å². The molecule has 0 radical (unpaired) electrons. The predicted octanol–water partition coefficient (Wildman–Crippen LogP) is 3.30. The van der Waals surface area contributed by atoms with E-state index >= 15 is 0 Å². The number of benzene rings is 2. The lowest BCUT2D eigenvalue weighted by molar-refractivity contribution is -0.0143. The summed E-state index contributed by atoms with van der Waals surface area (Å²) in [7, 11) is -4.99. The van der Waals surface area contributed by atoms with Gasteiger partial charge in [0.05, 0.1) is 0 Å². The van der Waals surface area contributed by atoms with E-state index in [9.17, 15) is 26.1 Å². The minimum Gasteiger partial charge on any atom is -0.207 e. The highest BCUT2D eigenvalue weighted by Crippen LogP contribution is 2.35. The largest absolute Gasteiger partial charge is 0.304 e. The smallest absolute Gasteiger partial charge is 0.207 e. The Morgan fingerprint density at radius 3 is 2.50 bits per heavy atom. The van der Waals surface area contributed by atoms with Crippen molar-refractivity contribution in [3.63, 3.8) is 0 Å². The van der Waals surface area contributed by atoms with E-state index in [0.29, 0.717) is 0 Å². The van der Waals surface area contributed by atoms with Gasteiger partial charge in [0.25, 0.3) is 5.92 Å². The first-order valence-electron chi connectivity index (χ1n) is 5.35. The predicted molar refractivity (Wildman–Crippen MR) is 63.8 cm³/mol. The zero-order chi connectivity index (χ0) is 15.0. The van der Waals surface area contributed by atoms with Gasteiger partial charge < -0.3 is 0 Å². The van der Waals surface area contributed by atoms with Crippen molar-refractivity contribution < 1.29 is 30.5 Å². The molecule has 0 unspecified atom stereocenters. The molecule has 2 aromatic carbocycles. The number of alkyl halides is 2. The lowest BCUT2D eigenvalue weighted by Gasteiger charge is -2.17. The van der Waals surface area contributed by atoms with Gasteiger partial charge in [-0.05, 0) is 27.4 Å². The number of halogens is 4. The SMILES string of the molecule is O=S(=O)(CC(F)(F)c1cccc2cc(F)ccc12)OF. The van der Waals surface area contributed by atoms with Crippen LogP contribution in [0, 0.1) is 5.82 Å². The van der Waals surface area contributed by atoms with Gasteiger partial charge in [-0.2, -0.15) is 8.42 Å². The Hall–Kier alpha value is -1.67. The monoisotopic (exact) mass is 308 g/mol. The zero-order valence-corrected chi connectivity index (χ0v) is 10.6. The first-order valence-corrected chi connectivity index (χ1v) is 6.92. The second-order valence-corrected chi connectivity index (χ2v) is 5.67. The topological polar surface area (TPSA) is 43.4 Å². The molecule has 0 atom stereocenters. The molecule has 0 N–H and O–H groups in total. The van der Waals surface area contributed by atoms with Crippen molar-refractivity contribution in [3.8, 4) is 0 Å². The minimum atomic E-state index is -4.99. The summed E-state index contributed by atoms with van der Waals surface area (Å²) < 4.78 is 76.9. The number of hydrogen-bond donors (Lipinski definition) is 0. The maximum absolute atomic E-state index is 13.9. The van der Waals surface area contributed by atoms with Crippen LogP contribution in [0.5, 0.6) is 0 Å². The molecule has 0 aromatic heterocycles. The van der Waals surface area contributed by atoms with Gasteiger partial charge in [-0.1, -0.05) is 28.7 Å². The fourth-order valence-corrected chi connectivity index (χ4v) is 2.54. The third-order valence-corrected chi connectivity index (χ3v) is 3.60. The number of rotatable bonds is 4. The van der Waals surface area contributed by atoms with Crippen LogP contribution < -0.4 is 0 Å². The van der Waals surface area contributed by atoms with Gasteiger partial charge in [-0.15, -0.1) is 0 Å². The van der Waals surface area contributed by atoms with Crippen molar-refractivity contribution in [1.29, 1.82) is 0 Å². The van der Waals surface area contributed by atoms with Gasteiger partial charge in [0.2, 0.25) is 0 Å². The molecule has 108 valence electrons. The molecule has 20 heavy (non-hydrogen) atoms. The Bertz CT molecular complexity index is 743. The van der Waals surface area contributed by atoms with Crippen molar-refractivity contribution in [2.45, 2.75) is 5.92 Å². The van der Waals surface area contributed by atoms with E-state index < -0.39 is 33.2 Å². The maximum Gasteiger partial charge on any atom is 0.304 e. The third kappa shape index (κ3) is 2.91. The highest BCUT2D eigenvalue weighted by atomic mass is 32.2. The third-order valence-electron chi connectivity index (χ3n) is 2.69. The van der Waals surface area contributed by atoms with Crippen LogP contribution in [-0.4, -0.2) is 14.2 Å². The summed E-state index contributed by atoms with van der Waals surface area (Å²) in [4.78, 5) is 0. The van der Waals surface area contributed by atoms with Crippen molar-refractivity contribution in [2.24, 2.45) is 0 Å². The molecule has 0 amide bonds. The van der Waals surface area contributed by atoms with E-state index in [4.69, 9.17) is 0 Å². The molecule has 0 saturated carbocycles. The Balaban J connectivity index is 2.57. The molecular formula is C12H8F4O3S. The van der Waals surface area contributed by atoms with E-state index in [2.05, 4.69) is 4.39 Å². The number of hydrogen-bond acceptors (Lipinski definition) is 3. The van der Waals surface area contributed by atoms with Crippen molar-refractivity contribution in [1.82, 2.24) is 0 Å². The van der Waals surface area contributed by atoms with Crippen molar-refractivity contribution in [3.05, 3.63) is 47.8 Å². The van der Waals surface area contributed by atoms with Gasteiger partial charge in [-0.25, -0.2) is 13.2 Å². The standard InChI is InChI=1S/C12H8F4O3S/c13-9-4-5-10-8(6-9)2-1-3-11(10)12(14,15)7-20(17,18)19-16/h1-6H,7H2. The van der Waals surface area contributed by atoms with Crippen LogP contribution in [0.2, 0.25) is 0 Å². The molecule has 0 heterocycles. The molecule has 0 aliphatic heterocycles. The van der Waals surface area contributed by atoms with Crippen LogP contribution in [0.25, 0.3) is 10.8 Å². The summed E-state index contributed by atoms with van der Waals surface area (Å²) in [5.41, 5.74) is -0.643. The quantitative estimate of drug-likeness (QED) is 0.814. The molecule has 3 nitrogen and oxygen atoms in total. The second-order valence-electron chi connectivity index (χ2n) is 4.14. The fourth-order valence-electron chi connectivity index (χ4n) is 1.90. The van der Waals surface area contributed by atoms with Crippen LogP contribution in [0.15, 0.2) is 36.4 Å². The summed E-state index contributed by atoms with van der Waals surface area (Å²) in [5, 5.41) is 0.161. The summed E-state index contributed by atoms with van der Waals surface area (Å²) in [5.74, 6) is -6.33. The molecule has 2 aromatic rings. The van der Waals surface area contributed by atoms with E-state index in [1.54, 1.807) is 0 Å². The van der Waals surface area contributed by atoms with E-state index in [0.717, 1.165) is 24.3 Å². The van der Waals surface area contributed by atoms with E-state index in [-0.39, 0.29) is 10.8 Å². The molecule has 0 saturated heterocycles. The first-order chi connectivity index (χ1) is 9.25. The van der Waals surface area contributed by atoms with Gasteiger partial charge in [0.1, 0.15) is 11.6 Å². The summed E-state index contributed by atoms with van der Waals surface area (Å²) in [6.45, 7) is 0. The Morgan fingerprint density at radius 2 is 1.85 bits per heavy atom. The van der Waals surface area contributed by atoms with Gasteiger partial charge in [-0.3, -0.25) is 0 Å². The lowest BCUT2D eigenvalue weighted by atomic mass is 10.0. The maximum atomic E-state index is 13.9. The van der Waals surface area contributed by atoms with Crippen LogP contribution >= 0.6 is 0 Å². The van der Waals surface area contributed by atoms with Gasteiger partial charge in [0.15, 0.2) is 0 Å². The minimum absolute atomic E-state index is 0.0204. The lowest BCUT2D eigenvalue weighted by Crippen LogP contribution is -2.26. The Morgan fingerprint density at radius 1 is 1.15 bits per heavy atom. The highest BCUT2D eigenvalue weighted by Gasteiger charge is 2.39. The molecule has 0 spiro atoms. The van der Waals surface area contributed by atoms with Crippen LogP contribution in [0.4, 0.5) is 17.7 Å². The van der Waals surface area contributed by atoms with Gasteiger partial charge >= 0.3 is 10.1 Å². The van der Waals surface area contributed by atoms with Gasteiger partial charge in [0, 0.05) is 5.56 Å².